The van der Waals surface area contributed by atoms with E-state index in [9.17, 15) is 9.59 Å². The Morgan fingerprint density at radius 1 is 1.61 bits per heavy atom. The van der Waals surface area contributed by atoms with E-state index in [1.807, 2.05) is 0 Å². The molecule has 1 aromatic heterocycles. The van der Waals surface area contributed by atoms with Gasteiger partial charge in [0.15, 0.2) is 0 Å². The summed E-state index contributed by atoms with van der Waals surface area (Å²) in [5, 5.41) is 9.61. The normalized spacial score (nSPS) is 19.3. The van der Waals surface area contributed by atoms with E-state index in [4.69, 9.17) is 5.11 Å². The van der Waals surface area contributed by atoms with Crippen LogP contribution in [0, 0.1) is 5.92 Å². The van der Waals surface area contributed by atoms with Crippen molar-refractivity contribution in [1.82, 2.24) is 4.98 Å². The van der Waals surface area contributed by atoms with Gasteiger partial charge in [-0.05, 0) is 27.9 Å². The van der Waals surface area contributed by atoms with Gasteiger partial charge in [0.1, 0.15) is 5.82 Å². The van der Waals surface area contributed by atoms with Gasteiger partial charge in [0.05, 0.1) is 10.0 Å². The maximum atomic E-state index is 11.8. The minimum atomic E-state index is -1.04. The summed E-state index contributed by atoms with van der Waals surface area (Å²) in [4.78, 5) is 28.3. The average Bonchev–Trinajstić information content (AvgIpc) is 2.70. The van der Waals surface area contributed by atoms with Gasteiger partial charge in [-0.15, -0.1) is 0 Å². The van der Waals surface area contributed by atoms with Crippen molar-refractivity contribution in [2.24, 2.45) is 5.92 Å². The molecule has 5 nitrogen and oxygen atoms in total. The summed E-state index contributed by atoms with van der Waals surface area (Å²) in [5.74, 6) is -0.282. The van der Waals surface area contributed by atoms with Crippen LogP contribution in [0.5, 0.6) is 0 Å². The molecule has 0 aliphatic carbocycles. The van der Waals surface area contributed by atoms with Gasteiger partial charge in [-0.1, -0.05) is 15.9 Å². The van der Waals surface area contributed by atoms with Crippen LogP contribution < -0.4 is 4.90 Å². The van der Waals surface area contributed by atoms with Crippen LogP contribution in [0.15, 0.2) is 16.7 Å². The summed E-state index contributed by atoms with van der Waals surface area (Å²) in [7, 11) is 0. The number of carbonyl (C=O) groups excluding carboxylic acids is 1. The molecule has 7 heteroatoms. The lowest BCUT2D eigenvalue weighted by molar-refractivity contribution is -0.117. The second-order valence-electron chi connectivity index (χ2n) is 4.06. The number of nitrogens with zero attached hydrogens (tertiary/aromatic N) is 2. The molecular weight excluding hydrogens is 368 g/mol. The van der Waals surface area contributed by atoms with Crippen LogP contribution in [0.1, 0.15) is 16.8 Å². The van der Waals surface area contributed by atoms with Crippen molar-refractivity contribution in [3.63, 3.8) is 0 Å². The van der Waals surface area contributed by atoms with E-state index in [1.54, 1.807) is 4.90 Å². The summed E-state index contributed by atoms with van der Waals surface area (Å²) < 4.78 is 0.519. The highest BCUT2D eigenvalue weighted by molar-refractivity contribution is 9.10. The molecule has 1 fully saturated rings. The Kier molecular flexibility index (Phi) is 4.01. The highest BCUT2D eigenvalue weighted by Gasteiger charge is 2.31. The van der Waals surface area contributed by atoms with Crippen LogP contribution in [0.3, 0.4) is 0 Å². The van der Waals surface area contributed by atoms with Crippen LogP contribution in [-0.4, -0.2) is 33.8 Å². The lowest BCUT2D eigenvalue weighted by atomic mass is 10.2. The molecule has 0 spiro atoms. The first kappa shape index (κ1) is 13.5. The smallest absolute Gasteiger partial charge is 0.337 e. The molecule has 0 aromatic carbocycles. The number of anilines is 1. The van der Waals surface area contributed by atoms with Crippen LogP contribution in [-0.2, 0) is 4.79 Å². The van der Waals surface area contributed by atoms with Crippen molar-refractivity contribution >= 4 is 49.6 Å². The van der Waals surface area contributed by atoms with Gasteiger partial charge in [0.2, 0.25) is 5.91 Å². The molecule has 0 radical (unpaired) electrons. The summed E-state index contributed by atoms with van der Waals surface area (Å²) >= 11 is 6.63. The Morgan fingerprint density at radius 3 is 2.83 bits per heavy atom. The van der Waals surface area contributed by atoms with E-state index < -0.39 is 5.97 Å². The molecule has 1 aliphatic rings. The van der Waals surface area contributed by atoms with Gasteiger partial charge in [-0.3, -0.25) is 9.69 Å². The lowest BCUT2D eigenvalue weighted by Gasteiger charge is -2.16. The monoisotopic (exact) mass is 376 g/mol. The molecule has 1 aliphatic heterocycles. The fraction of sp³-hybridized carbons (Fsp3) is 0.364. The van der Waals surface area contributed by atoms with Crippen LogP contribution in [0.2, 0.25) is 0 Å². The van der Waals surface area contributed by atoms with Gasteiger partial charge in [0.25, 0.3) is 0 Å². The molecule has 0 saturated carbocycles. The molecule has 1 aromatic rings. The molecule has 1 N–H and O–H groups in total. The van der Waals surface area contributed by atoms with Crippen molar-refractivity contribution in [2.45, 2.75) is 6.42 Å². The maximum Gasteiger partial charge on any atom is 0.337 e. The molecule has 2 rings (SSSR count). The van der Waals surface area contributed by atoms with E-state index in [-0.39, 0.29) is 17.4 Å². The van der Waals surface area contributed by atoms with Crippen molar-refractivity contribution in [3.05, 3.63) is 22.3 Å². The first-order valence-corrected chi connectivity index (χ1v) is 7.19. The molecule has 1 unspecified atom stereocenters. The average molecular weight is 378 g/mol. The van der Waals surface area contributed by atoms with E-state index >= 15 is 0 Å². The molecule has 1 saturated heterocycles. The largest absolute Gasteiger partial charge is 0.478 e. The van der Waals surface area contributed by atoms with E-state index in [2.05, 4.69) is 36.8 Å². The number of alkyl halides is 1. The quantitative estimate of drug-likeness (QED) is 0.820. The predicted molar refractivity (Wildman–Crippen MR) is 73.2 cm³/mol. The number of aromatic nitrogens is 1. The Bertz CT molecular complexity index is 507. The molecule has 1 atom stereocenters. The molecule has 0 bridgehead atoms. The summed E-state index contributed by atoms with van der Waals surface area (Å²) in [5.41, 5.74) is 0.0920. The van der Waals surface area contributed by atoms with E-state index in [1.165, 1.54) is 12.3 Å². The Labute approximate surface area is 120 Å². The third-order valence-electron chi connectivity index (χ3n) is 2.75. The number of halogens is 2. The number of carbonyl (C=O) groups is 2. The standard InChI is InChI=1S/C11H10Br2N2O3/c12-3-6-1-9(16)15(5-6)10-8(13)2-7(4-14-10)11(17)18/h2,4,6H,1,3,5H2,(H,17,18). The van der Waals surface area contributed by atoms with E-state index in [0.717, 1.165) is 5.33 Å². The SMILES string of the molecule is O=C(O)c1cnc(N2CC(CBr)CC2=O)c(Br)c1. The zero-order valence-corrected chi connectivity index (χ0v) is 12.4. The second kappa shape index (κ2) is 5.36. The van der Waals surface area contributed by atoms with Crippen LogP contribution in [0.4, 0.5) is 5.82 Å². The number of hydrogen-bond donors (Lipinski definition) is 1. The number of hydrogen-bond acceptors (Lipinski definition) is 3. The summed E-state index contributed by atoms with van der Waals surface area (Å²) in [6.45, 7) is 0.599. The third kappa shape index (κ3) is 2.56. The second-order valence-corrected chi connectivity index (χ2v) is 5.57. The van der Waals surface area contributed by atoms with Crippen molar-refractivity contribution in [2.75, 3.05) is 16.8 Å². The van der Waals surface area contributed by atoms with Crippen LogP contribution in [0.25, 0.3) is 0 Å². The van der Waals surface area contributed by atoms with Gasteiger partial charge in [0, 0.05) is 24.5 Å². The minimum Gasteiger partial charge on any atom is -0.478 e. The highest BCUT2D eigenvalue weighted by Crippen LogP contribution is 2.30. The third-order valence-corrected chi connectivity index (χ3v) is 4.25. The lowest BCUT2D eigenvalue weighted by Crippen LogP contribution is -2.26. The Hall–Kier alpha value is -0.950. The van der Waals surface area contributed by atoms with E-state index in [0.29, 0.717) is 23.3 Å². The summed E-state index contributed by atoms with van der Waals surface area (Å²) in [6, 6.07) is 1.46. The van der Waals surface area contributed by atoms with Crippen molar-refractivity contribution in [1.29, 1.82) is 0 Å². The molecule has 96 valence electrons. The first-order chi connectivity index (χ1) is 8.52. The van der Waals surface area contributed by atoms with Gasteiger partial charge < -0.3 is 5.11 Å². The van der Waals surface area contributed by atoms with Gasteiger partial charge in [-0.2, -0.15) is 0 Å². The first-order valence-electron chi connectivity index (χ1n) is 5.28. The Balaban J connectivity index is 2.29. The van der Waals surface area contributed by atoms with Crippen LogP contribution >= 0.6 is 31.9 Å². The van der Waals surface area contributed by atoms with Gasteiger partial charge in [-0.25, -0.2) is 9.78 Å². The zero-order valence-electron chi connectivity index (χ0n) is 9.27. The predicted octanol–water partition coefficient (Wildman–Crippen LogP) is 2.29. The maximum absolute atomic E-state index is 11.8. The number of rotatable bonds is 3. The number of amides is 1. The molecule has 2 heterocycles. The fourth-order valence-electron chi connectivity index (χ4n) is 1.84. The zero-order chi connectivity index (χ0) is 13.3. The minimum absolute atomic E-state index is 0.00993. The molecular formula is C11H10Br2N2O3. The number of carboxylic acids is 1. The number of pyridine rings is 1. The molecule has 1 amide bonds. The Morgan fingerprint density at radius 2 is 2.33 bits per heavy atom. The van der Waals surface area contributed by atoms with Crippen molar-refractivity contribution in [3.8, 4) is 0 Å². The number of aromatic carboxylic acids is 1. The van der Waals surface area contributed by atoms with Gasteiger partial charge >= 0.3 is 5.97 Å². The topological polar surface area (TPSA) is 70.5 Å². The molecule has 18 heavy (non-hydrogen) atoms. The fourth-order valence-corrected chi connectivity index (χ4v) is 2.83. The number of carboxylic acid groups (broad SMARTS) is 1. The summed E-state index contributed by atoms with van der Waals surface area (Å²) in [6.07, 6.45) is 1.75. The van der Waals surface area contributed by atoms with Crippen molar-refractivity contribution < 1.29 is 14.7 Å². The highest BCUT2D eigenvalue weighted by atomic mass is 79.9.